The van der Waals surface area contributed by atoms with Gasteiger partial charge in [-0.3, -0.25) is 10.3 Å². The summed E-state index contributed by atoms with van der Waals surface area (Å²) >= 11 is 6.46. The summed E-state index contributed by atoms with van der Waals surface area (Å²) in [4.78, 5) is 27.4. The highest BCUT2D eigenvalue weighted by Crippen LogP contribution is 2.32. The van der Waals surface area contributed by atoms with Gasteiger partial charge in [-0.25, -0.2) is 14.8 Å². The molecule has 0 aromatic carbocycles. The fourth-order valence-corrected chi connectivity index (χ4v) is 3.83. The summed E-state index contributed by atoms with van der Waals surface area (Å²) in [5.41, 5.74) is 6.06. The van der Waals surface area contributed by atoms with Crippen molar-refractivity contribution in [1.82, 2.24) is 20.3 Å². The third-order valence-corrected chi connectivity index (χ3v) is 5.45. The van der Waals surface area contributed by atoms with Crippen LogP contribution in [0.2, 0.25) is 5.02 Å². The molecule has 3 aromatic rings. The average Bonchev–Trinajstić information content (AvgIpc) is 2.74. The number of aryl methyl sites for hydroxylation is 2. The van der Waals surface area contributed by atoms with Gasteiger partial charge < -0.3 is 10.2 Å². The molecule has 0 saturated carbocycles. The van der Waals surface area contributed by atoms with Crippen LogP contribution in [0.5, 0.6) is 0 Å². The minimum Gasteiger partial charge on any atom is -0.352 e. The molecule has 0 fully saturated rings. The van der Waals surface area contributed by atoms with E-state index in [0.717, 1.165) is 52.4 Å². The number of hydrogen-bond donors (Lipinski definition) is 2. The zero-order chi connectivity index (χ0) is 21.3. The molecule has 1 aliphatic heterocycles. The number of carbonyl (C=O) groups excluding carboxylic acids is 1. The van der Waals surface area contributed by atoms with Gasteiger partial charge in [0.2, 0.25) is 0 Å². The first kappa shape index (κ1) is 20.1. The van der Waals surface area contributed by atoms with E-state index >= 15 is 0 Å². The predicted octanol–water partition coefficient (Wildman–Crippen LogP) is 4.12. The van der Waals surface area contributed by atoms with Crippen molar-refractivity contribution in [3.63, 3.8) is 0 Å². The first-order chi connectivity index (χ1) is 14.4. The van der Waals surface area contributed by atoms with Gasteiger partial charge in [0.05, 0.1) is 10.7 Å². The third kappa shape index (κ3) is 4.07. The molecule has 30 heavy (non-hydrogen) atoms. The van der Waals surface area contributed by atoms with Gasteiger partial charge in [-0.1, -0.05) is 23.7 Å². The highest BCUT2D eigenvalue weighted by atomic mass is 35.5. The van der Waals surface area contributed by atoms with E-state index in [1.807, 2.05) is 38.2 Å². The number of hydrogen-bond acceptors (Lipinski definition) is 5. The maximum atomic E-state index is 11.5. The first-order valence-electron chi connectivity index (χ1n) is 9.76. The normalized spacial score (nSPS) is 13.0. The largest absolute Gasteiger partial charge is 0.352 e. The van der Waals surface area contributed by atoms with E-state index < -0.39 is 0 Å². The van der Waals surface area contributed by atoms with E-state index in [1.54, 1.807) is 13.2 Å². The molecule has 0 saturated heterocycles. The molecule has 0 bridgehead atoms. The molecule has 4 rings (SSSR count). The zero-order valence-corrected chi connectivity index (χ0v) is 17.9. The highest BCUT2D eigenvalue weighted by Gasteiger charge is 2.21. The number of amides is 2. The van der Waals surface area contributed by atoms with Crippen LogP contribution in [-0.4, -0.2) is 34.6 Å². The van der Waals surface area contributed by atoms with Gasteiger partial charge in [-0.15, -0.1) is 0 Å². The number of fused-ring (bicyclic) bond motifs is 1. The summed E-state index contributed by atoms with van der Waals surface area (Å²) in [6.07, 6.45) is 4.31. The second-order valence-electron chi connectivity index (χ2n) is 7.38. The van der Waals surface area contributed by atoms with Crippen molar-refractivity contribution in [2.24, 2.45) is 0 Å². The van der Waals surface area contributed by atoms with E-state index in [9.17, 15) is 4.79 Å². The van der Waals surface area contributed by atoms with E-state index in [-0.39, 0.29) is 6.03 Å². The molecular weight excluding hydrogens is 400 g/mol. The topological polar surface area (TPSA) is 83.0 Å². The smallest absolute Gasteiger partial charge is 0.320 e. The van der Waals surface area contributed by atoms with E-state index in [4.69, 9.17) is 11.6 Å². The molecule has 7 nitrogen and oxygen atoms in total. The van der Waals surface area contributed by atoms with Crippen LogP contribution in [-0.2, 0) is 13.0 Å². The Morgan fingerprint density at radius 2 is 2.00 bits per heavy atom. The molecule has 154 valence electrons. The summed E-state index contributed by atoms with van der Waals surface area (Å²) in [6, 6.07) is 7.65. The Morgan fingerprint density at radius 3 is 2.77 bits per heavy atom. The number of pyridine rings is 3. The lowest BCUT2D eigenvalue weighted by atomic mass is 10.0. The quantitative estimate of drug-likeness (QED) is 0.663. The molecule has 0 aliphatic carbocycles. The molecule has 0 atom stereocenters. The van der Waals surface area contributed by atoms with Gasteiger partial charge in [0.25, 0.3) is 0 Å². The Balaban J connectivity index is 1.60. The molecule has 0 spiro atoms. The first-order valence-corrected chi connectivity index (χ1v) is 10.1. The minimum absolute atomic E-state index is 0.280. The number of carbonyl (C=O) groups is 1. The number of halogens is 1. The fraction of sp³-hybridized carbons (Fsp3) is 0.273. The van der Waals surface area contributed by atoms with Crippen LogP contribution in [0.25, 0.3) is 11.3 Å². The lowest BCUT2D eigenvalue weighted by molar-refractivity contribution is 0.254. The van der Waals surface area contributed by atoms with Crippen LogP contribution < -0.4 is 15.5 Å². The second kappa shape index (κ2) is 8.28. The van der Waals surface area contributed by atoms with Crippen LogP contribution in [0.3, 0.4) is 0 Å². The van der Waals surface area contributed by atoms with Gasteiger partial charge in [0.15, 0.2) is 0 Å². The van der Waals surface area contributed by atoms with Crippen molar-refractivity contribution in [1.29, 1.82) is 0 Å². The summed E-state index contributed by atoms with van der Waals surface area (Å²) in [5, 5.41) is 5.83. The summed E-state index contributed by atoms with van der Waals surface area (Å²) < 4.78 is 0. The lowest BCUT2D eigenvalue weighted by Crippen LogP contribution is -2.32. The fourth-order valence-electron chi connectivity index (χ4n) is 3.64. The molecular formula is C22H23ClN6O. The number of nitrogens with zero attached hydrogens (tertiary/aromatic N) is 4. The molecule has 0 radical (unpaired) electrons. The number of nitrogens with one attached hydrogen (secondary N) is 2. The standard InChI is InChI=1S/C22H23ClN6O/c1-13-8-14(2)21(26-10-13)16-9-20(25-11-17(16)23)29-7-6-18-15(12-29)4-5-19(27-18)28-22(30)24-3/h4-5,8-11H,6-7,12H2,1-3H3,(H2,24,27,28,30). The van der Waals surface area contributed by atoms with Gasteiger partial charge >= 0.3 is 6.03 Å². The Kier molecular flexibility index (Phi) is 5.55. The van der Waals surface area contributed by atoms with Crippen LogP contribution in [0, 0.1) is 13.8 Å². The molecule has 0 unspecified atom stereocenters. The van der Waals surface area contributed by atoms with Gasteiger partial charge in [-0.05, 0) is 42.7 Å². The maximum absolute atomic E-state index is 11.5. The lowest BCUT2D eigenvalue weighted by Gasteiger charge is -2.29. The van der Waals surface area contributed by atoms with Crippen LogP contribution >= 0.6 is 11.6 Å². The maximum Gasteiger partial charge on any atom is 0.320 e. The van der Waals surface area contributed by atoms with Crippen molar-refractivity contribution in [3.8, 4) is 11.3 Å². The molecule has 4 heterocycles. The molecule has 8 heteroatoms. The molecule has 2 N–H and O–H groups in total. The Labute approximate surface area is 180 Å². The Bertz CT molecular complexity index is 1120. The number of anilines is 2. The van der Waals surface area contributed by atoms with Crippen molar-refractivity contribution in [2.45, 2.75) is 26.8 Å². The summed E-state index contributed by atoms with van der Waals surface area (Å²) in [5.74, 6) is 1.41. The van der Waals surface area contributed by atoms with E-state index in [2.05, 4.69) is 36.6 Å². The number of rotatable bonds is 3. The van der Waals surface area contributed by atoms with Gasteiger partial charge in [0, 0.05) is 50.2 Å². The average molecular weight is 423 g/mol. The van der Waals surface area contributed by atoms with Crippen molar-refractivity contribution in [2.75, 3.05) is 23.8 Å². The van der Waals surface area contributed by atoms with E-state index in [1.165, 1.54) is 0 Å². The van der Waals surface area contributed by atoms with Crippen LogP contribution in [0.1, 0.15) is 22.4 Å². The predicted molar refractivity (Wildman–Crippen MR) is 119 cm³/mol. The monoisotopic (exact) mass is 422 g/mol. The van der Waals surface area contributed by atoms with Crippen LogP contribution in [0.4, 0.5) is 16.4 Å². The SMILES string of the molecule is CNC(=O)Nc1ccc2c(n1)CCN(c1cc(-c3ncc(C)cc3C)c(Cl)cn1)C2. The Hall–Kier alpha value is -3.19. The summed E-state index contributed by atoms with van der Waals surface area (Å²) in [6.45, 7) is 5.53. The second-order valence-corrected chi connectivity index (χ2v) is 7.79. The minimum atomic E-state index is -0.280. The Morgan fingerprint density at radius 1 is 1.17 bits per heavy atom. The zero-order valence-electron chi connectivity index (χ0n) is 17.2. The van der Waals surface area contributed by atoms with Crippen molar-refractivity contribution >= 4 is 29.3 Å². The number of aromatic nitrogens is 3. The van der Waals surface area contributed by atoms with Crippen molar-refractivity contribution in [3.05, 3.63) is 64.1 Å². The molecule has 3 aromatic heterocycles. The summed E-state index contributed by atoms with van der Waals surface area (Å²) in [7, 11) is 1.58. The molecule has 2 amide bonds. The van der Waals surface area contributed by atoms with Gasteiger partial charge in [0.1, 0.15) is 11.6 Å². The highest BCUT2D eigenvalue weighted by molar-refractivity contribution is 6.33. The van der Waals surface area contributed by atoms with Gasteiger partial charge in [-0.2, -0.15) is 0 Å². The third-order valence-electron chi connectivity index (χ3n) is 5.15. The van der Waals surface area contributed by atoms with Crippen LogP contribution in [0.15, 0.2) is 36.7 Å². The molecule has 1 aliphatic rings. The van der Waals surface area contributed by atoms with E-state index in [0.29, 0.717) is 17.4 Å². The number of urea groups is 1. The van der Waals surface area contributed by atoms with Crippen molar-refractivity contribution < 1.29 is 4.79 Å².